The lowest BCUT2D eigenvalue weighted by Crippen LogP contribution is -2.68. The third-order valence-electron chi connectivity index (χ3n) is 10.6. The molecule has 5 aliphatic rings. The van der Waals surface area contributed by atoms with Crippen LogP contribution in [-0.4, -0.2) is 165 Å². The SMILES string of the molecule is NC1CC(CNC[C@H]2O[C@H](OC3[C@@H](N)C[C@@H](CC(=O)C4(O)CC(N)C4)[C@H](O[C@H]4O[C@H](CO)[C@@H](O)[C@H](N)[C@H]4O)[C@H]3O)[C@H](N)[C@@H](O)[C@@H]2O)C1. The summed E-state index contributed by atoms with van der Waals surface area (Å²) in [5, 5.41) is 77.8. The first-order chi connectivity index (χ1) is 22.1. The maximum absolute atomic E-state index is 13.2. The van der Waals surface area contributed by atoms with Gasteiger partial charge in [0.15, 0.2) is 18.4 Å². The zero-order valence-electron chi connectivity index (χ0n) is 26.3. The van der Waals surface area contributed by atoms with Crippen LogP contribution < -0.4 is 34.0 Å². The van der Waals surface area contributed by atoms with E-state index in [9.17, 15) is 40.5 Å². The average Bonchev–Trinajstić information content (AvgIpc) is 2.99. The van der Waals surface area contributed by atoms with Gasteiger partial charge >= 0.3 is 0 Å². The highest BCUT2D eigenvalue weighted by molar-refractivity contribution is 5.88. The lowest BCUT2D eigenvalue weighted by Gasteiger charge is -2.49. The van der Waals surface area contributed by atoms with Crippen molar-refractivity contribution in [2.24, 2.45) is 40.5 Å². The van der Waals surface area contributed by atoms with Gasteiger partial charge in [-0.05, 0) is 50.5 Å². The molecule has 0 spiro atoms. The summed E-state index contributed by atoms with van der Waals surface area (Å²) in [4.78, 5) is 13.2. The lowest BCUT2D eigenvalue weighted by atomic mass is 9.69. The number of carbonyl (C=O) groups is 1. The average molecular weight is 679 g/mol. The van der Waals surface area contributed by atoms with E-state index in [2.05, 4.69) is 5.32 Å². The smallest absolute Gasteiger partial charge is 0.186 e. The van der Waals surface area contributed by atoms with Gasteiger partial charge in [-0.15, -0.1) is 0 Å². The van der Waals surface area contributed by atoms with E-state index in [1.807, 2.05) is 0 Å². The molecule has 272 valence electrons. The number of rotatable bonds is 12. The van der Waals surface area contributed by atoms with E-state index in [0.717, 1.165) is 12.8 Å². The number of nitrogens with two attached hydrogens (primary N) is 5. The van der Waals surface area contributed by atoms with Crippen LogP contribution in [0, 0.1) is 11.8 Å². The highest BCUT2D eigenvalue weighted by Crippen LogP contribution is 2.39. The Kier molecular flexibility index (Phi) is 11.9. The Morgan fingerprint density at radius 1 is 0.745 bits per heavy atom. The molecular weight excluding hydrogens is 624 g/mol. The van der Waals surface area contributed by atoms with Crippen molar-refractivity contribution in [2.45, 2.75) is 142 Å². The number of carbonyl (C=O) groups excluding carboxylic acids is 1. The molecule has 15 atom stereocenters. The number of nitrogens with one attached hydrogen (secondary N) is 1. The zero-order valence-corrected chi connectivity index (χ0v) is 26.3. The van der Waals surface area contributed by atoms with Gasteiger partial charge in [0, 0.05) is 31.1 Å². The fourth-order valence-corrected chi connectivity index (χ4v) is 7.54. The summed E-state index contributed by atoms with van der Waals surface area (Å²) in [6, 6.07) is -3.57. The number of ketones is 1. The molecule has 5 rings (SSSR count). The number of hydrogen-bond acceptors (Lipinski definition) is 18. The van der Waals surface area contributed by atoms with E-state index in [4.69, 9.17) is 47.6 Å². The number of ether oxygens (including phenoxy) is 4. The molecule has 3 aliphatic carbocycles. The maximum atomic E-state index is 13.2. The summed E-state index contributed by atoms with van der Waals surface area (Å²) in [5.74, 6) is -0.934. The van der Waals surface area contributed by atoms with E-state index in [-0.39, 0.29) is 44.3 Å². The van der Waals surface area contributed by atoms with Crippen LogP contribution in [0.25, 0.3) is 0 Å². The standard InChI is InChI=1S/C29H54N6O12/c30-12-1-10(2-12)7-35-8-15-21(39)22(40)19(34)27(44-15)47-26-14(32)3-11(4-17(37)29(43)5-13(31)6-29)25(24(26)42)46-28-23(41)18(33)20(38)16(9-36)45-28/h10-16,18-28,35-36,38-43H,1-9,30-34H2/t10?,11-,12?,13?,14-,15+,16+,18-,19+,20+,21+,22+,23+,24+,25-,26?,27+,28+,29?/m0/s1. The van der Waals surface area contributed by atoms with Crippen LogP contribution in [0.3, 0.4) is 0 Å². The van der Waals surface area contributed by atoms with Crippen LogP contribution in [-0.2, 0) is 23.7 Å². The van der Waals surface area contributed by atoms with Crippen molar-refractivity contribution >= 4 is 5.78 Å². The molecule has 0 aromatic heterocycles. The summed E-state index contributed by atoms with van der Waals surface area (Å²) >= 11 is 0. The summed E-state index contributed by atoms with van der Waals surface area (Å²) in [6.07, 6.45) is -13.2. The van der Waals surface area contributed by atoms with Crippen LogP contribution in [0.4, 0.5) is 0 Å². The Morgan fingerprint density at radius 2 is 1.38 bits per heavy atom. The highest BCUT2D eigenvalue weighted by atomic mass is 16.7. The molecule has 0 amide bonds. The number of aliphatic hydroxyl groups excluding tert-OH is 6. The molecule has 5 fully saturated rings. The molecule has 2 aliphatic heterocycles. The maximum Gasteiger partial charge on any atom is 0.186 e. The third kappa shape index (κ3) is 7.84. The largest absolute Gasteiger partial charge is 0.394 e. The quantitative estimate of drug-likeness (QED) is 0.0911. The second-order valence-electron chi connectivity index (χ2n) is 14.3. The first kappa shape index (κ1) is 37.3. The molecule has 2 heterocycles. The number of Topliss-reactive ketones (excluding diaryl/α,β-unsaturated/α-hetero) is 1. The van der Waals surface area contributed by atoms with Crippen LogP contribution in [0.15, 0.2) is 0 Å². The molecule has 1 unspecified atom stereocenters. The van der Waals surface area contributed by atoms with Crippen molar-refractivity contribution in [2.75, 3.05) is 19.7 Å². The van der Waals surface area contributed by atoms with Gasteiger partial charge in [0.1, 0.15) is 54.4 Å². The Bertz CT molecular complexity index is 1050. The van der Waals surface area contributed by atoms with Gasteiger partial charge in [-0.2, -0.15) is 0 Å². The molecule has 0 radical (unpaired) electrons. The van der Waals surface area contributed by atoms with Gasteiger partial charge in [-0.25, -0.2) is 0 Å². The van der Waals surface area contributed by atoms with Gasteiger partial charge in [0.25, 0.3) is 0 Å². The van der Waals surface area contributed by atoms with Gasteiger partial charge in [-0.3, -0.25) is 4.79 Å². The Morgan fingerprint density at radius 3 is 2.00 bits per heavy atom. The molecule has 47 heavy (non-hydrogen) atoms. The zero-order chi connectivity index (χ0) is 34.4. The minimum absolute atomic E-state index is 0.0306. The van der Waals surface area contributed by atoms with Crippen LogP contribution in [0.5, 0.6) is 0 Å². The second kappa shape index (κ2) is 15.1. The van der Waals surface area contributed by atoms with Crippen LogP contribution >= 0.6 is 0 Å². The highest BCUT2D eigenvalue weighted by Gasteiger charge is 2.54. The molecule has 0 bridgehead atoms. The fourth-order valence-electron chi connectivity index (χ4n) is 7.54. The molecule has 18 heteroatoms. The second-order valence-corrected chi connectivity index (χ2v) is 14.3. The number of hydrogen-bond donors (Lipinski definition) is 13. The Balaban J connectivity index is 1.30. The Hall–Kier alpha value is -1.01. The van der Waals surface area contributed by atoms with Crippen LogP contribution in [0.1, 0.15) is 38.5 Å². The number of aliphatic hydroxyl groups is 7. The minimum atomic E-state index is -1.63. The molecular formula is C29H54N6O12. The van der Waals surface area contributed by atoms with Gasteiger partial charge in [0.05, 0.1) is 24.8 Å². The predicted octanol–water partition coefficient (Wildman–Crippen LogP) is -6.86. The van der Waals surface area contributed by atoms with Crippen molar-refractivity contribution in [1.82, 2.24) is 5.32 Å². The predicted molar refractivity (Wildman–Crippen MR) is 162 cm³/mol. The summed E-state index contributed by atoms with van der Waals surface area (Å²) in [7, 11) is 0. The summed E-state index contributed by atoms with van der Waals surface area (Å²) in [5.41, 5.74) is 28.7. The van der Waals surface area contributed by atoms with E-state index in [1.165, 1.54) is 0 Å². The van der Waals surface area contributed by atoms with E-state index in [0.29, 0.717) is 12.5 Å². The van der Waals surface area contributed by atoms with Crippen molar-refractivity contribution in [1.29, 1.82) is 0 Å². The summed E-state index contributed by atoms with van der Waals surface area (Å²) < 4.78 is 23.7. The molecule has 2 saturated heterocycles. The van der Waals surface area contributed by atoms with Gasteiger partial charge in [0.2, 0.25) is 0 Å². The molecule has 3 saturated carbocycles. The fraction of sp³-hybridized carbons (Fsp3) is 0.966. The van der Waals surface area contributed by atoms with Crippen molar-refractivity contribution < 1.29 is 59.5 Å². The topological polar surface area (TPSA) is 338 Å². The third-order valence-corrected chi connectivity index (χ3v) is 10.6. The lowest BCUT2D eigenvalue weighted by molar-refractivity contribution is -0.323. The van der Waals surface area contributed by atoms with Crippen molar-refractivity contribution in [3.05, 3.63) is 0 Å². The summed E-state index contributed by atoms with van der Waals surface area (Å²) in [6.45, 7) is 0.177. The minimum Gasteiger partial charge on any atom is -0.394 e. The van der Waals surface area contributed by atoms with Crippen LogP contribution in [0.2, 0.25) is 0 Å². The molecule has 18 nitrogen and oxygen atoms in total. The van der Waals surface area contributed by atoms with E-state index >= 15 is 0 Å². The van der Waals surface area contributed by atoms with Crippen molar-refractivity contribution in [3.63, 3.8) is 0 Å². The monoisotopic (exact) mass is 678 g/mol. The normalized spacial score (nSPS) is 52.0. The van der Waals surface area contributed by atoms with Gasteiger partial charge < -0.3 is 88.7 Å². The van der Waals surface area contributed by atoms with Gasteiger partial charge in [-0.1, -0.05) is 0 Å². The van der Waals surface area contributed by atoms with E-state index < -0.39 is 110 Å². The van der Waals surface area contributed by atoms with E-state index in [1.54, 1.807) is 0 Å². The molecule has 0 aromatic rings. The first-order valence-electron chi connectivity index (χ1n) is 16.5. The molecule has 0 aromatic carbocycles. The first-order valence-corrected chi connectivity index (χ1v) is 16.5. The van der Waals surface area contributed by atoms with Crippen molar-refractivity contribution in [3.8, 4) is 0 Å². The Labute approximate surface area is 272 Å². The molecule has 18 N–H and O–H groups in total.